The third-order valence-electron chi connectivity index (χ3n) is 3.04. The molecule has 0 aliphatic heterocycles. The van der Waals surface area contributed by atoms with E-state index in [1.54, 1.807) is 30.3 Å². The first-order chi connectivity index (χ1) is 12.6. The maximum absolute atomic E-state index is 13.3. The molecule has 0 bridgehead atoms. The third-order valence-corrected chi connectivity index (χ3v) is 3.04. The van der Waals surface area contributed by atoms with Crippen molar-refractivity contribution in [2.24, 2.45) is 0 Å². The lowest BCUT2D eigenvalue weighted by atomic mass is 10.3. The van der Waals surface area contributed by atoms with Crippen molar-refractivity contribution in [2.75, 3.05) is 19.8 Å². The van der Waals surface area contributed by atoms with Gasteiger partial charge in [-0.2, -0.15) is 0 Å². The predicted octanol–water partition coefficient (Wildman–Crippen LogP) is 1.83. The van der Waals surface area contributed by atoms with Gasteiger partial charge in [-0.25, -0.2) is 4.39 Å². The molecule has 0 radical (unpaired) electrons. The average molecular weight is 362 g/mol. The average Bonchev–Trinajstić information content (AvgIpc) is 2.65. The van der Waals surface area contributed by atoms with E-state index in [0.29, 0.717) is 18.1 Å². The Hall–Kier alpha value is -3.29. The van der Waals surface area contributed by atoms with Crippen LogP contribution in [0, 0.1) is 5.82 Å². The molecule has 2 aromatic carbocycles. The van der Waals surface area contributed by atoms with Gasteiger partial charge in [-0.3, -0.25) is 20.4 Å². The molecule has 8 heteroatoms. The molecule has 0 spiro atoms. The second-order valence-electron chi connectivity index (χ2n) is 4.98. The highest BCUT2D eigenvalue weighted by atomic mass is 19.1. The number of amides is 2. The lowest BCUT2D eigenvalue weighted by molar-refractivity contribution is -0.131. The van der Waals surface area contributed by atoms with E-state index < -0.39 is 24.2 Å². The Morgan fingerprint density at radius 3 is 1.81 bits per heavy atom. The first kappa shape index (κ1) is 19.0. The van der Waals surface area contributed by atoms with Crippen molar-refractivity contribution in [3.8, 4) is 17.2 Å². The van der Waals surface area contributed by atoms with E-state index >= 15 is 0 Å². The zero-order valence-electron chi connectivity index (χ0n) is 14.2. The van der Waals surface area contributed by atoms with Crippen molar-refractivity contribution in [2.45, 2.75) is 6.92 Å². The molecular formula is C18H19FN2O5. The van der Waals surface area contributed by atoms with Crippen molar-refractivity contribution < 1.29 is 28.2 Å². The van der Waals surface area contributed by atoms with Crippen LogP contribution >= 0.6 is 0 Å². The number of para-hydroxylation sites is 3. The number of nitrogens with one attached hydrogen (secondary N) is 2. The summed E-state index contributed by atoms with van der Waals surface area (Å²) in [5, 5.41) is 0. The summed E-state index contributed by atoms with van der Waals surface area (Å²) in [5.74, 6) is -0.911. The van der Waals surface area contributed by atoms with Crippen LogP contribution in [0.1, 0.15) is 6.92 Å². The molecule has 2 rings (SSSR count). The van der Waals surface area contributed by atoms with E-state index in [2.05, 4.69) is 10.9 Å². The number of benzene rings is 2. The molecule has 2 aromatic rings. The zero-order valence-corrected chi connectivity index (χ0v) is 14.2. The summed E-state index contributed by atoms with van der Waals surface area (Å²) in [6, 6.07) is 12.6. The van der Waals surface area contributed by atoms with Gasteiger partial charge in [0.05, 0.1) is 6.61 Å². The van der Waals surface area contributed by atoms with E-state index in [1.165, 1.54) is 18.2 Å². The van der Waals surface area contributed by atoms with Crippen LogP contribution in [0.2, 0.25) is 0 Å². The van der Waals surface area contributed by atoms with E-state index in [9.17, 15) is 14.0 Å². The van der Waals surface area contributed by atoms with Gasteiger partial charge in [0.15, 0.2) is 36.3 Å². The van der Waals surface area contributed by atoms with Crippen molar-refractivity contribution in [3.05, 3.63) is 54.3 Å². The Labute approximate surface area is 150 Å². The standard InChI is InChI=1S/C18H19FN2O5/c1-2-24-15-9-5-6-10-16(15)26-12-18(23)21-20-17(22)11-25-14-8-4-3-7-13(14)19/h3-10H,2,11-12H2,1H3,(H,20,22)(H,21,23). The largest absolute Gasteiger partial charge is 0.490 e. The number of carbonyl (C=O) groups is 2. The number of hydrogen-bond donors (Lipinski definition) is 2. The molecule has 0 atom stereocenters. The van der Waals surface area contributed by atoms with E-state index in [4.69, 9.17) is 14.2 Å². The van der Waals surface area contributed by atoms with Crippen LogP contribution in [0.25, 0.3) is 0 Å². The molecule has 7 nitrogen and oxygen atoms in total. The van der Waals surface area contributed by atoms with Gasteiger partial charge < -0.3 is 14.2 Å². The summed E-state index contributed by atoms with van der Waals surface area (Å²) in [6.07, 6.45) is 0. The molecule has 26 heavy (non-hydrogen) atoms. The first-order valence-electron chi connectivity index (χ1n) is 7.89. The van der Waals surface area contributed by atoms with Crippen LogP contribution in [0.15, 0.2) is 48.5 Å². The van der Waals surface area contributed by atoms with Gasteiger partial charge in [-0.15, -0.1) is 0 Å². The highest BCUT2D eigenvalue weighted by Gasteiger charge is 2.10. The highest BCUT2D eigenvalue weighted by molar-refractivity contribution is 5.83. The van der Waals surface area contributed by atoms with E-state index in [-0.39, 0.29) is 12.4 Å². The third kappa shape index (κ3) is 5.97. The topological polar surface area (TPSA) is 85.9 Å². The minimum Gasteiger partial charge on any atom is -0.490 e. The van der Waals surface area contributed by atoms with E-state index in [0.717, 1.165) is 0 Å². The SMILES string of the molecule is CCOc1ccccc1OCC(=O)NNC(=O)COc1ccccc1F. The maximum Gasteiger partial charge on any atom is 0.276 e. The summed E-state index contributed by atoms with van der Waals surface area (Å²) >= 11 is 0. The Bertz CT molecular complexity index is 754. The Morgan fingerprint density at radius 2 is 1.27 bits per heavy atom. The molecule has 0 aliphatic carbocycles. The van der Waals surface area contributed by atoms with Crippen LogP contribution < -0.4 is 25.1 Å². The fourth-order valence-electron chi connectivity index (χ4n) is 1.90. The molecule has 0 saturated carbocycles. The summed E-state index contributed by atoms with van der Waals surface area (Å²) in [6.45, 7) is 1.53. The number of ether oxygens (including phenoxy) is 3. The lowest BCUT2D eigenvalue weighted by Gasteiger charge is -2.12. The molecule has 0 fully saturated rings. The number of rotatable bonds is 8. The molecule has 138 valence electrons. The Balaban J connectivity index is 1.71. The molecular weight excluding hydrogens is 343 g/mol. The molecule has 0 heterocycles. The smallest absolute Gasteiger partial charge is 0.276 e. The van der Waals surface area contributed by atoms with Crippen LogP contribution in [0.4, 0.5) is 4.39 Å². The van der Waals surface area contributed by atoms with Gasteiger partial charge in [0, 0.05) is 0 Å². The zero-order chi connectivity index (χ0) is 18.8. The van der Waals surface area contributed by atoms with Crippen LogP contribution in [-0.4, -0.2) is 31.6 Å². The van der Waals surface area contributed by atoms with Crippen LogP contribution in [0.5, 0.6) is 17.2 Å². The minimum atomic E-state index is -0.642. The van der Waals surface area contributed by atoms with Gasteiger partial charge in [0.25, 0.3) is 11.8 Å². The summed E-state index contributed by atoms with van der Waals surface area (Å²) in [5.41, 5.74) is 4.33. The van der Waals surface area contributed by atoms with Crippen LogP contribution in [0.3, 0.4) is 0 Å². The molecule has 2 N–H and O–H groups in total. The Kier molecular flexibility index (Phi) is 7.23. The van der Waals surface area contributed by atoms with Crippen LogP contribution in [-0.2, 0) is 9.59 Å². The quantitative estimate of drug-likeness (QED) is 0.700. The van der Waals surface area contributed by atoms with Gasteiger partial charge >= 0.3 is 0 Å². The number of hydrazine groups is 1. The van der Waals surface area contributed by atoms with Gasteiger partial charge in [0.2, 0.25) is 0 Å². The normalized spacial score (nSPS) is 9.92. The fraction of sp³-hybridized carbons (Fsp3) is 0.222. The van der Waals surface area contributed by atoms with Gasteiger partial charge in [-0.1, -0.05) is 24.3 Å². The fourth-order valence-corrected chi connectivity index (χ4v) is 1.90. The number of halogens is 1. The Morgan fingerprint density at radius 1 is 0.808 bits per heavy atom. The molecule has 0 aliphatic rings. The maximum atomic E-state index is 13.3. The second-order valence-corrected chi connectivity index (χ2v) is 4.98. The summed E-state index contributed by atoms with van der Waals surface area (Å²) in [4.78, 5) is 23.3. The molecule has 0 aromatic heterocycles. The minimum absolute atomic E-state index is 0.0511. The highest BCUT2D eigenvalue weighted by Crippen LogP contribution is 2.26. The second kappa shape index (κ2) is 9.87. The predicted molar refractivity (Wildman–Crippen MR) is 91.3 cm³/mol. The first-order valence-corrected chi connectivity index (χ1v) is 7.89. The van der Waals surface area contributed by atoms with Crippen molar-refractivity contribution >= 4 is 11.8 Å². The van der Waals surface area contributed by atoms with Crippen molar-refractivity contribution in [1.29, 1.82) is 0 Å². The summed E-state index contributed by atoms with van der Waals surface area (Å²) < 4.78 is 29.1. The van der Waals surface area contributed by atoms with Gasteiger partial charge in [0.1, 0.15) is 0 Å². The molecule has 2 amide bonds. The van der Waals surface area contributed by atoms with Gasteiger partial charge in [-0.05, 0) is 31.2 Å². The molecule has 0 saturated heterocycles. The molecule has 0 unspecified atom stereocenters. The monoisotopic (exact) mass is 362 g/mol. The van der Waals surface area contributed by atoms with Crippen molar-refractivity contribution in [3.63, 3.8) is 0 Å². The summed E-state index contributed by atoms with van der Waals surface area (Å²) in [7, 11) is 0. The number of hydrogen-bond acceptors (Lipinski definition) is 5. The van der Waals surface area contributed by atoms with Crippen molar-refractivity contribution in [1.82, 2.24) is 10.9 Å². The lowest BCUT2D eigenvalue weighted by Crippen LogP contribution is -2.45. The van der Waals surface area contributed by atoms with E-state index in [1.807, 2.05) is 6.92 Å². The number of carbonyl (C=O) groups excluding carboxylic acids is 2.